The average molecular weight is 431 g/mol. The number of carbonyl (C=O) groups excluding carboxylic acids is 1. The molecule has 9 heteroatoms. The van der Waals surface area contributed by atoms with Crippen molar-refractivity contribution in [1.82, 2.24) is 9.79 Å². The van der Waals surface area contributed by atoms with Gasteiger partial charge in [0.25, 0.3) is 0 Å². The molecule has 2 aromatic carbocycles. The van der Waals surface area contributed by atoms with Crippen LogP contribution in [-0.2, 0) is 19.7 Å². The fraction of sp³-hybridized carbons (Fsp3) is 0.286. The molecule has 0 aliphatic carbocycles. The van der Waals surface area contributed by atoms with Gasteiger partial charge in [0.1, 0.15) is 11.6 Å². The first-order valence-electron chi connectivity index (χ1n) is 9.38. The zero-order valence-electron chi connectivity index (χ0n) is 16.2. The molecule has 1 N–H and O–H groups in total. The molecule has 1 unspecified atom stereocenters. The van der Waals surface area contributed by atoms with Crippen LogP contribution in [0.25, 0.3) is 0 Å². The van der Waals surface area contributed by atoms with Gasteiger partial charge >= 0.3 is 0 Å². The number of amides is 1. The molecule has 0 aromatic heterocycles. The van der Waals surface area contributed by atoms with Gasteiger partial charge in [-0.05, 0) is 36.4 Å². The number of sulfonamides is 1. The summed E-state index contributed by atoms with van der Waals surface area (Å²) in [6.45, 7) is 1.55. The Labute approximate surface area is 175 Å². The summed E-state index contributed by atoms with van der Waals surface area (Å²) in [5.41, 5.74) is 3.59. The van der Waals surface area contributed by atoms with Crippen molar-refractivity contribution in [1.29, 1.82) is 0 Å². The normalized spacial score (nSPS) is 15.7. The minimum atomic E-state index is -3.67. The summed E-state index contributed by atoms with van der Waals surface area (Å²) in [6.07, 6.45) is -0.693. The van der Waals surface area contributed by atoms with Crippen LogP contribution < -0.4 is 10.4 Å². The molecule has 1 aliphatic heterocycles. The van der Waals surface area contributed by atoms with Crippen molar-refractivity contribution < 1.29 is 22.4 Å². The number of halogens is 1. The second kappa shape index (κ2) is 10.2. The van der Waals surface area contributed by atoms with Gasteiger partial charge in [-0.25, -0.2) is 18.3 Å². The molecule has 1 amide bonds. The molecule has 0 spiro atoms. The first-order chi connectivity index (χ1) is 14.5. The van der Waals surface area contributed by atoms with E-state index in [0.717, 1.165) is 5.69 Å². The quantitative estimate of drug-likeness (QED) is 0.407. The standard InChI is InChI=1S/C21H22FN3O4S/c22-19-7-9-20(10-8-19)24-12-14-25(15-13-24)30(27,28)16-21(29-23-17-26)11-6-18-4-2-1-3-5-18/h1-5,7-10,17,21H,12-16H2,(H,23,26). The molecule has 0 saturated carbocycles. The Bertz CT molecular complexity index is 996. The summed E-state index contributed by atoms with van der Waals surface area (Å²) in [7, 11) is -3.67. The summed E-state index contributed by atoms with van der Waals surface area (Å²) >= 11 is 0. The summed E-state index contributed by atoms with van der Waals surface area (Å²) in [5.74, 6) is 4.92. The summed E-state index contributed by atoms with van der Waals surface area (Å²) in [4.78, 5) is 17.7. The second-order valence-electron chi connectivity index (χ2n) is 6.62. The SMILES string of the molecule is O=CNOC(C#Cc1ccccc1)CS(=O)(=O)N1CCN(c2ccc(F)cc2)CC1. The van der Waals surface area contributed by atoms with Crippen LogP contribution in [0.3, 0.4) is 0 Å². The minimum Gasteiger partial charge on any atom is -0.369 e. The van der Waals surface area contributed by atoms with Crippen LogP contribution in [0.2, 0.25) is 0 Å². The van der Waals surface area contributed by atoms with E-state index in [0.29, 0.717) is 38.2 Å². The Hall–Kier alpha value is -2.93. The number of nitrogens with one attached hydrogen (secondary N) is 1. The lowest BCUT2D eigenvalue weighted by atomic mass is 10.2. The van der Waals surface area contributed by atoms with E-state index >= 15 is 0 Å². The smallest absolute Gasteiger partial charge is 0.230 e. The first-order valence-corrected chi connectivity index (χ1v) is 11.0. The third-order valence-corrected chi connectivity index (χ3v) is 6.47. The van der Waals surface area contributed by atoms with Gasteiger partial charge in [0.2, 0.25) is 16.4 Å². The topological polar surface area (TPSA) is 78.9 Å². The average Bonchev–Trinajstić information content (AvgIpc) is 2.77. The van der Waals surface area contributed by atoms with E-state index in [1.54, 1.807) is 24.3 Å². The molecule has 0 radical (unpaired) electrons. The van der Waals surface area contributed by atoms with Crippen LogP contribution in [0.1, 0.15) is 5.56 Å². The Balaban J connectivity index is 1.63. The van der Waals surface area contributed by atoms with E-state index in [1.165, 1.54) is 16.4 Å². The largest absolute Gasteiger partial charge is 0.369 e. The number of anilines is 1. The van der Waals surface area contributed by atoms with Crippen LogP contribution in [0.5, 0.6) is 0 Å². The van der Waals surface area contributed by atoms with Gasteiger partial charge < -0.3 is 4.90 Å². The first kappa shape index (κ1) is 21.8. The highest BCUT2D eigenvalue weighted by Crippen LogP contribution is 2.18. The summed E-state index contributed by atoms with van der Waals surface area (Å²) in [5, 5.41) is 0. The predicted molar refractivity (Wildman–Crippen MR) is 111 cm³/mol. The van der Waals surface area contributed by atoms with Gasteiger partial charge in [0, 0.05) is 37.4 Å². The zero-order chi connectivity index (χ0) is 21.4. The maximum atomic E-state index is 13.1. The fourth-order valence-corrected chi connectivity index (χ4v) is 4.54. The summed E-state index contributed by atoms with van der Waals surface area (Å²) in [6, 6.07) is 15.2. The number of carbonyl (C=O) groups is 1. The van der Waals surface area contributed by atoms with E-state index in [-0.39, 0.29) is 11.6 Å². The molecule has 7 nitrogen and oxygen atoms in total. The van der Waals surface area contributed by atoms with Crippen molar-refractivity contribution in [2.75, 3.05) is 36.8 Å². The second-order valence-corrected chi connectivity index (χ2v) is 8.63. The molecule has 1 aliphatic rings. The van der Waals surface area contributed by atoms with Crippen molar-refractivity contribution in [2.45, 2.75) is 6.10 Å². The number of hydrogen-bond donors (Lipinski definition) is 1. The Kier molecular flexibility index (Phi) is 7.41. The Morgan fingerprint density at radius 1 is 1.07 bits per heavy atom. The van der Waals surface area contributed by atoms with E-state index < -0.39 is 16.1 Å². The lowest BCUT2D eigenvalue weighted by Gasteiger charge is -2.35. The van der Waals surface area contributed by atoms with Crippen LogP contribution >= 0.6 is 0 Å². The molecule has 1 fully saturated rings. The van der Waals surface area contributed by atoms with Gasteiger partial charge in [0.05, 0.1) is 0 Å². The van der Waals surface area contributed by atoms with Crippen molar-refractivity contribution in [3.8, 4) is 11.8 Å². The van der Waals surface area contributed by atoms with Gasteiger partial charge in [-0.2, -0.15) is 4.31 Å². The number of hydrogen-bond acceptors (Lipinski definition) is 5. The van der Waals surface area contributed by atoms with Crippen molar-refractivity contribution in [3.05, 3.63) is 66.0 Å². The van der Waals surface area contributed by atoms with E-state index in [4.69, 9.17) is 4.84 Å². The Morgan fingerprint density at radius 3 is 2.37 bits per heavy atom. The van der Waals surface area contributed by atoms with Crippen LogP contribution in [0.4, 0.5) is 10.1 Å². The third-order valence-electron chi connectivity index (χ3n) is 4.60. The fourth-order valence-electron chi connectivity index (χ4n) is 3.07. The van der Waals surface area contributed by atoms with E-state index in [9.17, 15) is 17.6 Å². The molecule has 1 heterocycles. The van der Waals surface area contributed by atoms with Crippen LogP contribution in [0, 0.1) is 17.7 Å². The van der Waals surface area contributed by atoms with Crippen LogP contribution in [-0.4, -0.2) is 57.2 Å². The zero-order valence-corrected chi connectivity index (χ0v) is 17.0. The van der Waals surface area contributed by atoms with Gasteiger partial charge in [0.15, 0.2) is 6.10 Å². The van der Waals surface area contributed by atoms with Gasteiger partial charge in [-0.3, -0.25) is 9.63 Å². The molecular weight excluding hydrogens is 409 g/mol. The number of hydroxylamine groups is 1. The van der Waals surface area contributed by atoms with Crippen molar-refractivity contribution in [3.63, 3.8) is 0 Å². The number of benzene rings is 2. The van der Waals surface area contributed by atoms with Gasteiger partial charge in [-0.15, -0.1) is 0 Å². The lowest BCUT2D eigenvalue weighted by Crippen LogP contribution is -2.50. The molecule has 1 atom stereocenters. The maximum Gasteiger partial charge on any atom is 0.230 e. The maximum absolute atomic E-state index is 13.1. The molecule has 0 bridgehead atoms. The van der Waals surface area contributed by atoms with E-state index in [2.05, 4.69) is 11.8 Å². The lowest BCUT2D eigenvalue weighted by molar-refractivity contribution is -0.122. The van der Waals surface area contributed by atoms with Crippen molar-refractivity contribution in [2.24, 2.45) is 0 Å². The predicted octanol–water partition coefficient (Wildman–Crippen LogP) is 1.38. The van der Waals surface area contributed by atoms with Crippen molar-refractivity contribution >= 4 is 22.1 Å². The molecule has 30 heavy (non-hydrogen) atoms. The van der Waals surface area contributed by atoms with Gasteiger partial charge in [-0.1, -0.05) is 30.0 Å². The van der Waals surface area contributed by atoms with Crippen LogP contribution in [0.15, 0.2) is 54.6 Å². The highest BCUT2D eigenvalue weighted by atomic mass is 32.2. The highest BCUT2D eigenvalue weighted by molar-refractivity contribution is 7.89. The molecule has 2 aromatic rings. The highest BCUT2D eigenvalue weighted by Gasteiger charge is 2.29. The number of piperazine rings is 1. The summed E-state index contributed by atoms with van der Waals surface area (Å²) < 4.78 is 40.2. The minimum absolute atomic E-state index is 0.291. The molecule has 3 rings (SSSR count). The molecular formula is C21H22FN3O4S. The monoisotopic (exact) mass is 431 g/mol. The number of rotatable bonds is 7. The molecule has 1 saturated heterocycles. The third kappa shape index (κ3) is 6.03. The Morgan fingerprint density at radius 2 is 1.73 bits per heavy atom. The number of nitrogens with zero attached hydrogens (tertiary/aromatic N) is 2. The molecule has 158 valence electrons. The van der Waals surface area contributed by atoms with E-state index in [1.807, 2.05) is 28.6 Å².